The number of carboxylic acid groups (broad SMARTS) is 1. The van der Waals surface area contributed by atoms with Crippen molar-refractivity contribution in [2.24, 2.45) is 5.41 Å². The van der Waals surface area contributed by atoms with Crippen molar-refractivity contribution in [1.82, 2.24) is 21.5 Å². The van der Waals surface area contributed by atoms with Crippen molar-refractivity contribution in [2.75, 3.05) is 12.3 Å². The van der Waals surface area contributed by atoms with Crippen LogP contribution in [0.5, 0.6) is 0 Å². The maximum atomic E-state index is 13.3. The first-order valence-corrected chi connectivity index (χ1v) is 11.5. The van der Waals surface area contributed by atoms with Crippen molar-refractivity contribution in [1.29, 1.82) is 0 Å². The number of halogens is 4. The normalized spacial score (nSPS) is 13.2. The van der Waals surface area contributed by atoms with Gasteiger partial charge in [0.15, 0.2) is 0 Å². The molecule has 0 radical (unpaired) electrons. The molecule has 38 heavy (non-hydrogen) atoms. The molecule has 2 atom stereocenters. The highest BCUT2D eigenvalue weighted by atomic mass is 35.5. The molecule has 206 valence electrons. The lowest BCUT2D eigenvalue weighted by Crippen LogP contribution is -2.56. The van der Waals surface area contributed by atoms with Crippen LogP contribution >= 0.6 is 11.6 Å². The molecule has 2 aromatic carbocycles. The lowest BCUT2D eigenvalue weighted by Gasteiger charge is -2.32. The number of nitrogens with one attached hydrogen (secondary N) is 4. The smallest absolute Gasteiger partial charge is 0.416 e. The molecular weight excluding hydrogens is 531 g/mol. The first-order valence-electron chi connectivity index (χ1n) is 11.1. The molecule has 10 nitrogen and oxygen atoms in total. The molecular formula is C24H27ClF3N5O5. The molecule has 0 heterocycles. The third-order valence-electron chi connectivity index (χ3n) is 5.21. The number of carbonyl (C=O) groups excluding carboxylic acids is 3. The SMILES string of the molecule is CC(C)(C)C(NC(=O)c1ccc(N)c(Cl)c1)C(=O)NC(C(=O)NNCC(=O)O)c1cccc(C(F)(F)F)c1. The Kier molecular flexibility index (Phi) is 9.70. The zero-order valence-electron chi connectivity index (χ0n) is 20.6. The number of hydrazine groups is 1. The number of carbonyl (C=O) groups is 4. The summed E-state index contributed by atoms with van der Waals surface area (Å²) in [7, 11) is 0. The van der Waals surface area contributed by atoms with Crippen LogP contribution in [0.1, 0.15) is 48.3 Å². The van der Waals surface area contributed by atoms with E-state index in [-0.39, 0.29) is 21.8 Å². The van der Waals surface area contributed by atoms with Crippen LogP contribution < -0.4 is 27.2 Å². The van der Waals surface area contributed by atoms with Crippen LogP contribution in [0.25, 0.3) is 0 Å². The molecule has 2 rings (SSSR count). The summed E-state index contributed by atoms with van der Waals surface area (Å²) in [6, 6.07) is 4.88. The third-order valence-corrected chi connectivity index (χ3v) is 5.54. The summed E-state index contributed by atoms with van der Waals surface area (Å²) in [5.74, 6) is -3.93. The number of nitrogen functional groups attached to an aromatic ring is 1. The second-order valence-electron chi connectivity index (χ2n) is 9.31. The lowest BCUT2D eigenvalue weighted by atomic mass is 9.85. The minimum atomic E-state index is -4.73. The number of benzene rings is 2. The Balaban J connectivity index is 2.38. The average molecular weight is 558 g/mol. The van der Waals surface area contributed by atoms with Gasteiger partial charge in [0, 0.05) is 5.56 Å². The predicted octanol–water partition coefficient (Wildman–Crippen LogP) is 2.65. The number of amides is 3. The molecule has 14 heteroatoms. The summed E-state index contributed by atoms with van der Waals surface area (Å²) in [5, 5.41) is 13.8. The fourth-order valence-electron chi connectivity index (χ4n) is 3.26. The number of nitrogens with two attached hydrogens (primary N) is 1. The van der Waals surface area contributed by atoms with Crippen LogP contribution in [0.15, 0.2) is 42.5 Å². The van der Waals surface area contributed by atoms with Gasteiger partial charge in [0.05, 0.1) is 16.3 Å². The van der Waals surface area contributed by atoms with Crippen molar-refractivity contribution < 1.29 is 37.5 Å². The number of anilines is 1. The van der Waals surface area contributed by atoms with Gasteiger partial charge in [-0.05, 0) is 41.3 Å². The van der Waals surface area contributed by atoms with Gasteiger partial charge in [-0.1, -0.05) is 44.5 Å². The molecule has 0 aromatic heterocycles. The van der Waals surface area contributed by atoms with E-state index in [1.807, 2.05) is 0 Å². The van der Waals surface area contributed by atoms with E-state index in [0.29, 0.717) is 6.07 Å². The van der Waals surface area contributed by atoms with Crippen LogP contribution in [0, 0.1) is 5.41 Å². The maximum absolute atomic E-state index is 13.3. The Hall–Kier alpha value is -3.84. The summed E-state index contributed by atoms with van der Waals surface area (Å²) in [6.07, 6.45) is -4.73. The lowest BCUT2D eigenvalue weighted by molar-refractivity contribution is -0.138. The summed E-state index contributed by atoms with van der Waals surface area (Å²) < 4.78 is 39.9. The summed E-state index contributed by atoms with van der Waals surface area (Å²) in [4.78, 5) is 49.8. The number of alkyl halides is 3. The third kappa shape index (κ3) is 8.35. The van der Waals surface area contributed by atoms with Gasteiger partial charge < -0.3 is 21.5 Å². The molecule has 0 bridgehead atoms. The van der Waals surface area contributed by atoms with Crippen LogP contribution in [0.4, 0.5) is 18.9 Å². The van der Waals surface area contributed by atoms with Crippen molar-refractivity contribution in [3.05, 3.63) is 64.2 Å². The fraction of sp³-hybridized carbons (Fsp3) is 0.333. The monoisotopic (exact) mass is 557 g/mol. The Morgan fingerprint density at radius 2 is 1.66 bits per heavy atom. The van der Waals surface area contributed by atoms with E-state index in [0.717, 1.165) is 12.1 Å². The number of aliphatic carboxylic acids is 1. The van der Waals surface area contributed by atoms with Crippen LogP contribution in [0.3, 0.4) is 0 Å². The largest absolute Gasteiger partial charge is 0.480 e. The van der Waals surface area contributed by atoms with Crippen molar-refractivity contribution in [3.63, 3.8) is 0 Å². The quantitative estimate of drug-likeness (QED) is 0.204. The minimum Gasteiger partial charge on any atom is -0.480 e. The highest BCUT2D eigenvalue weighted by Crippen LogP contribution is 2.31. The second kappa shape index (κ2) is 12.1. The molecule has 0 fully saturated rings. The van der Waals surface area contributed by atoms with Crippen LogP contribution in [-0.2, 0) is 20.6 Å². The molecule has 7 N–H and O–H groups in total. The zero-order chi connectivity index (χ0) is 28.8. The van der Waals surface area contributed by atoms with E-state index in [9.17, 15) is 32.3 Å². The molecule has 0 saturated heterocycles. The molecule has 2 aromatic rings. The summed E-state index contributed by atoms with van der Waals surface area (Å²) >= 11 is 5.97. The maximum Gasteiger partial charge on any atom is 0.416 e. The Morgan fingerprint density at radius 1 is 1.00 bits per heavy atom. The highest BCUT2D eigenvalue weighted by molar-refractivity contribution is 6.33. The van der Waals surface area contributed by atoms with Gasteiger partial charge >= 0.3 is 12.1 Å². The van der Waals surface area contributed by atoms with Gasteiger partial charge in [-0.3, -0.25) is 24.6 Å². The zero-order valence-corrected chi connectivity index (χ0v) is 21.3. The van der Waals surface area contributed by atoms with Gasteiger partial charge in [0.2, 0.25) is 5.91 Å². The standard InChI is InChI=1S/C24H27ClF3N5O5/c1-23(2,3)19(32-20(36)13-7-8-16(29)15(25)10-13)22(38)31-18(21(37)33-30-11-17(34)35)12-5-4-6-14(9-12)24(26,27)28/h4-10,18-19,30H,11,29H2,1-3H3,(H,31,38)(H,32,36)(H,33,37)(H,34,35). The molecule has 2 unspecified atom stereocenters. The van der Waals surface area contributed by atoms with E-state index < -0.39 is 59.5 Å². The van der Waals surface area contributed by atoms with Gasteiger partial charge in [0.1, 0.15) is 18.6 Å². The molecule has 3 amide bonds. The van der Waals surface area contributed by atoms with E-state index in [4.69, 9.17) is 22.4 Å². The highest BCUT2D eigenvalue weighted by Gasteiger charge is 2.37. The van der Waals surface area contributed by atoms with Gasteiger partial charge in [0.25, 0.3) is 11.8 Å². The average Bonchev–Trinajstić information content (AvgIpc) is 2.80. The molecule has 0 spiro atoms. The molecule has 0 saturated carbocycles. The molecule has 0 aliphatic rings. The van der Waals surface area contributed by atoms with Gasteiger partial charge in [-0.25, -0.2) is 5.43 Å². The number of carboxylic acids is 1. The van der Waals surface area contributed by atoms with Crippen molar-refractivity contribution >= 4 is 41.0 Å². The summed E-state index contributed by atoms with van der Waals surface area (Å²) in [5.41, 5.74) is 7.93. The first-order chi connectivity index (χ1) is 17.5. The van der Waals surface area contributed by atoms with E-state index in [1.54, 1.807) is 20.8 Å². The van der Waals surface area contributed by atoms with E-state index >= 15 is 0 Å². The van der Waals surface area contributed by atoms with E-state index in [1.165, 1.54) is 24.3 Å². The molecule has 0 aliphatic carbocycles. The van der Waals surface area contributed by atoms with Crippen LogP contribution in [-0.4, -0.2) is 41.4 Å². The Morgan fingerprint density at radius 3 is 2.21 bits per heavy atom. The van der Waals surface area contributed by atoms with Gasteiger partial charge in [-0.15, -0.1) is 0 Å². The first kappa shape index (κ1) is 30.4. The van der Waals surface area contributed by atoms with E-state index in [2.05, 4.69) is 21.5 Å². The Labute approximate surface area is 221 Å². The number of hydrogen-bond acceptors (Lipinski definition) is 6. The number of hydrogen-bond donors (Lipinski definition) is 6. The summed E-state index contributed by atoms with van der Waals surface area (Å²) in [6.45, 7) is 4.18. The van der Waals surface area contributed by atoms with Crippen molar-refractivity contribution in [3.8, 4) is 0 Å². The predicted molar refractivity (Wildman–Crippen MR) is 133 cm³/mol. The minimum absolute atomic E-state index is 0.0938. The van der Waals surface area contributed by atoms with Crippen molar-refractivity contribution in [2.45, 2.75) is 39.0 Å². The second-order valence-corrected chi connectivity index (χ2v) is 9.72. The Bertz CT molecular complexity index is 1220. The van der Waals surface area contributed by atoms with Crippen LogP contribution in [0.2, 0.25) is 5.02 Å². The molecule has 0 aliphatic heterocycles. The topological polar surface area (TPSA) is 163 Å². The fourth-order valence-corrected chi connectivity index (χ4v) is 3.44. The number of rotatable bonds is 9. The van der Waals surface area contributed by atoms with Gasteiger partial charge in [-0.2, -0.15) is 13.2 Å².